The predicted octanol–water partition coefficient (Wildman–Crippen LogP) is 16.6. The highest BCUT2D eigenvalue weighted by Crippen LogP contribution is 2.63. The van der Waals surface area contributed by atoms with Crippen molar-refractivity contribution in [2.75, 3.05) is 4.90 Å². The van der Waals surface area contributed by atoms with Crippen LogP contribution in [-0.4, -0.2) is 0 Å². The van der Waals surface area contributed by atoms with Gasteiger partial charge in [-0.1, -0.05) is 170 Å². The number of hydrogen-bond acceptors (Lipinski definition) is 3. The first kappa shape index (κ1) is 35.2. The van der Waals surface area contributed by atoms with Crippen LogP contribution in [-0.2, 0) is 5.41 Å². The van der Waals surface area contributed by atoms with Gasteiger partial charge in [0.2, 0.25) is 0 Å². The Morgan fingerprint density at radius 1 is 0.297 bits per heavy atom. The lowest BCUT2D eigenvalue weighted by molar-refractivity contribution is 0.663. The molecule has 0 amide bonds. The minimum absolute atomic E-state index is 0.470. The van der Waals surface area contributed by atoms with Gasteiger partial charge in [0.1, 0.15) is 22.3 Å². The standard InChI is InChI=1S/C61H37NO2/c1-3-15-38(16-4-1)39-27-29-40(30-28-39)49-35-43(36-50-59-57(64-60(49)50)34-33-56-58(59)48-22-10-14-26-55(48)63-56)62(41-17-5-2-6-18-41)42-31-32-47-46-21-9-13-25-53(46)61(54(47)37-42)51-23-11-7-19-44(51)45-20-8-12-24-52(45)61/h1-37H. The molecule has 0 aliphatic heterocycles. The lowest BCUT2D eigenvalue weighted by Gasteiger charge is -2.32. The molecule has 2 aromatic heterocycles. The van der Waals surface area contributed by atoms with E-state index < -0.39 is 5.41 Å². The molecular weight excluding hydrogens is 779 g/mol. The summed E-state index contributed by atoms with van der Waals surface area (Å²) in [6.07, 6.45) is 0. The molecule has 2 aliphatic carbocycles. The van der Waals surface area contributed by atoms with Crippen LogP contribution in [0.5, 0.6) is 0 Å². The second-order valence-corrected chi connectivity index (χ2v) is 17.1. The first-order chi connectivity index (χ1) is 31.7. The molecule has 0 N–H and O–H groups in total. The molecule has 2 aliphatic rings. The number of para-hydroxylation sites is 2. The van der Waals surface area contributed by atoms with Gasteiger partial charge < -0.3 is 13.7 Å². The van der Waals surface area contributed by atoms with Crippen LogP contribution in [0, 0.1) is 0 Å². The van der Waals surface area contributed by atoms with Gasteiger partial charge in [0.15, 0.2) is 0 Å². The average Bonchev–Trinajstić information content (AvgIpc) is 4.10. The number of anilines is 3. The van der Waals surface area contributed by atoms with Crippen molar-refractivity contribution in [3.8, 4) is 44.5 Å². The second kappa shape index (κ2) is 13.3. The summed E-state index contributed by atoms with van der Waals surface area (Å²) in [6.45, 7) is 0. The molecule has 10 aromatic carbocycles. The SMILES string of the molecule is c1ccc(-c2ccc(-c3cc(N(c4ccccc4)c4ccc5c(c4)C4(c6ccccc6-c6ccccc64)c4ccccc4-5)cc4c3oc3ccc5oc6ccccc6c5c34)cc2)cc1. The molecule has 0 atom stereocenters. The van der Waals surface area contributed by atoms with Gasteiger partial charge in [-0.15, -0.1) is 0 Å². The van der Waals surface area contributed by atoms with Gasteiger partial charge in [0, 0.05) is 44.2 Å². The van der Waals surface area contributed by atoms with Gasteiger partial charge >= 0.3 is 0 Å². The van der Waals surface area contributed by atoms with Crippen molar-refractivity contribution in [3.63, 3.8) is 0 Å². The fraction of sp³-hybridized carbons (Fsp3) is 0.0164. The highest BCUT2D eigenvalue weighted by atomic mass is 16.3. The molecule has 0 saturated carbocycles. The summed E-state index contributed by atoms with van der Waals surface area (Å²) in [4.78, 5) is 2.43. The molecular formula is C61H37NO2. The van der Waals surface area contributed by atoms with Gasteiger partial charge in [-0.3, -0.25) is 0 Å². The normalized spacial score (nSPS) is 13.1. The fourth-order valence-electron chi connectivity index (χ4n) is 11.2. The summed E-state index contributed by atoms with van der Waals surface area (Å²) < 4.78 is 13.5. The summed E-state index contributed by atoms with van der Waals surface area (Å²) >= 11 is 0. The van der Waals surface area contributed by atoms with Crippen LogP contribution in [0.25, 0.3) is 88.4 Å². The van der Waals surface area contributed by atoms with Gasteiger partial charge in [0.25, 0.3) is 0 Å². The maximum absolute atomic E-state index is 6.99. The molecule has 298 valence electrons. The molecule has 1 spiro atoms. The second-order valence-electron chi connectivity index (χ2n) is 17.1. The van der Waals surface area contributed by atoms with E-state index in [-0.39, 0.29) is 0 Å². The zero-order valence-electron chi connectivity index (χ0n) is 34.6. The number of hydrogen-bond donors (Lipinski definition) is 0. The highest BCUT2D eigenvalue weighted by Gasteiger charge is 2.51. The maximum Gasteiger partial charge on any atom is 0.143 e. The van der Waals surface area contributed by atoms with Crippen molar-refractivity contribution < 1.29 is 8.83 Å². The highest BCUT2D eigenvalue weighted by molar-refractivity contribution is 6.27. The third-order valence-corrected chi connectivity index (χ3v) is 13.9. The lowest BCUT2D eigenvalue weighted by Crippen LogP contribution is -2.26. The van der Waals surface area contributed by atoms with E-state index in [1.165, 1.54) is 55.6 Å². The van der Waals surface area contributed by atoms with E-state index in [0.29, 0.717) is 0 Å². The molecule has 14 rings (SSSR count). The zero-order valence-corrected chi connectivity index (χ0v) is 34.6. The monoisotopic (exact) mass is 815 g/mol. The Labute approximate surface area is 369 Å². The Bertz CT molecular complexity index is 3780. The summed E-state index contributed by atoms with van der Waals surface area (Å²) in [5.41, 5.74) is 21.0. The molecule has 3 heteroatoms. The molecule has 12 aromatic rings. The van der Waals surface area contributed by atoms with Crippen molar-refractivity contribution in [2.24, 2.45) is 0 Å². The zero-order chi connectivity index (χ0) is 41.9. The lowest BCUT2D eigenvalue weighted by atomic mass is 9.70. The molecule has 0 saturated heterocycles. The van der Waals surface area contributed by atoms with Crippen molar-refractivity contribution in [3.05, 3.63) is 247 Å². The average molecular weight is 816 g/mol. The molecule has 0 fully saturated rings. The topological polar surface area (TPSA) is 29.5 Å². The van der Waals surface area contributed by atoms with Crippen molar-refractivity contribution in [2.45, 2.75) is 5.41 Å². The smallest absolute Gasteiger partial charge is 0.143 e. The Balaban J connectivity index is 1.06. The van der Waals surface area contributed by atoms with Crippen LogP contribution in [0.1, 0.15) is 22.3 Å². The third kappa shape index (κ3) is 4.81. The van der Waals surface area contributed by atoms with E-state index in [1.54, 1.807) is 0 Å². The molecule has 0 unspecified atom stereocenters. The van der Waals surface area contributed by atoms with Crippen LogP contribution in [0.15, 0.2) is 233 Å². The van der Waals surface area contributed by atoms with E-state index in [2.05, 4.69) is 211 Å². The first-order valence-corrected chi connectivity index (χ1v) is 22.0. The van der Waals surface area contributed by atoms with E-state index in [1.807, 2.05) is 18.2 Å². The van der Waals surface area contributed by atoms with Gasteiger partial charge in [-0.25, -0.2) is 0 Å². The minimum Gasteiger partial charge on any atom is -0.456 e. The number of rotatable bonds is 5. The van der Waals surface area contributed by atoms with Crippen LogP contribution in [0.4, 0.5) is 17.1 Å². The quantitative estimate of drug-likeness (QED) is 0.173. The maximum atomic E-state index is 6.99. The van der Waals surface area contributed by atoms with E-state index in [4.69, 9.17) is 8.83 Å². The molecule has 64 heavy (non-hydrogen) atoms. The van der Waals surface area contributed by atoms with Crippen molar-refractivity contribution in [1.82, 2.24) is 0 Å². The van der Waals surface area contributed by atoms with Gasteiger partial charge in [-0.2, -0.15) is 0 Å². The van der Waals surface area contributed by atoms with Crippen LogP contribution >= 0.6 is 0 Å². The Hall–Kier alpha value is -8.40. The summed E-state index contributed by atoms with van der Waals surface area (Å²) in [5, 5.41) is 4.23. The summed E-state index contributed by atoms with van der Waals surface area (Å²) in [5.74, 6) is 0. The number of furan rings is 2. The van der Waals surface area contributed by atoms with Gasteiger partial charge in [-0.05, 0) is 116 Å². The van der Waals surface area contributed by atoms with Crippen LogP contribution in [0.2, 0.25) is 0 Å². The predicted molar refractivity (Wildman–Crippen MR) is 263 cm³/mol. The minimum atomic E-state index is -0.470. The van der Waals surface area contributed by atoms with Crippen LogP contribution in [0.3, 0.4) is 0 Å². The fourth-order valence-corrected chi connectivity index (χ4v) is 11.2. The van der Waals surface area contributed by atoms with Crippen molar-refractivity contribution in [1.29, 1.82) is 0 Å². The number of benzene rings is 10. The van der Waals surface area contributed by atoms with E-state index >= 15 is 0 Å². The molecule has 2 heterocycles. The Morgan fingerprint density at radius 3 is 1.52 bits per heavy atom. The Morgan fingerprint density at radius 2 is 0.828 bits per heavy atom. The van der Waals surface area contributed by atoms with Crippen LogP contribution < -0.4 is 4.90 Å². The largest absolute Gasteiger partial charge is 0.456 e. The summed E-state index contributed by atoms with van der Waals surface area (Å²) in [6, 6.07) is 81.5. The molecule has 3 nitrogen and oxygen atoms in total. The summed E-state index contributed by atoms with van der Waals surface area (Å²) in [7, 11) is 0. The molecule has 0 radical (unpaired) electrons. The van der Waals surface area contributed by atoms with E-state index in [0.717, 1.165) is 72.1 Å². The van der Waals surface area contributed by atoms with Crippen molar-refractivity contribution >= 4 is 60.9 Å². The molecule has 0 bridgehead atoms. The Kier molecular flexibility index (Phi) is 7.32. The third-order valence-electron chi connectivity index (χ3n) is 13.9. The first-order valence-electron chi connectivity index (χ1n) is 22.0. The number of fused-ring (bicyclic) bond motifs is 17. The van der Waals surface area contributed by atoms with Gasteiger partial charge in [0.05, 0.1) is 5.41 Å². The number of nitrogens with zero attached hydrogens (tertiary/aromatic N) is 1. The van der Waals surface area contributed by atoms with E-state index in [9.17, 15) is 0 Å².